The number of aromatic nitrogens is 2. The van der Waals surface area contributed by atoms with E-state index in [-0.39, 0.29) is 0 Å². The number of nitriles is 1. The van der Waals surface area contributed by atoms with Crippen LogP contribution in [0.15, 0.2) is 0 Å². The molecule has 0 saturated carbocycles. The first kappa shape index (κ1) is 18.6. The van der Waals surface area contributed by atoms with Crippen molar-refractivity contribution in [2.45, 2.75) is 27.7 Å². The van der Waals surface area contributed by atoms with Gasteiger partial charge in [0.25, 0.3) is 10.2 Å². The van der Waals surface area contributed by atoms with E-state index in [1.165, 1.54) is 8.61 Å². The maximum absolute atomic E-state index is 12.6. The van der Waals surface area contributed by atoms with Crippen molar-refractivity contribution in [3.8, 4) is 6.07 Å². The highest BCUT2D eigenvalue weighted by molar-refractivity contribution is 7.86. The minimum absolute atomic E-state index is 0.373. The second-order valence-electron chi connectivity index (χ2n) is 5.70. The summed E-state index contributed by atoms with van der Waals surface area (Å²) in [5, 5.41) is 17.7. The average molecular weight is 352 g/mol. The van der Waals surface area contributed by atoms with E-state index in [0.717, 1.165) is 11.3 Å². The van der Waals surface area contributed by atoms with Gasteiger partial charge in [0.05, 0.1) is 5.69 Å². The molecule has 9 heteroatoms. The molecule has 132 valence electrons. The van der Waals surface area contributed by atoms with Crippen molar-refractivity contribution in [3.63, 3.8) is 0 Å². The molecule has 0 radical (unpaired) electrons. The Morgan fingerprint density at radius 3 is 2.21 bits per heavy atom. The van der Waals surface area contributed by atoms with E-state index in [1.807, 2.05) is 32.6 Å². The van der Waals surface area contributed by atoms with Crippen LogP contribution in [0.3, 0.4) is 0 Å². The van der Waals surface area contributed by atoms with Crippen molar-refractivity contribution < 1.29 is 8.42 Å². The van der Waals surface area contributed by atoms with E-state index in [4.69, 9.17) is 0 Å². The summed E-state index contributed by atoms with van der Waals surface area (Å²) in [6.45, 7) is 9.99. The molecule has 0 unspecified atom stereocenters. The molecule has 1 aliphatic rings. The highest BCUT2D eigenvalue weighted by Gasteiger charge is 2.32. The van der Waals surface area contributed by atoms with Crippen molar-refractivity contribution in [1.29, 1.82) is 5.26 Å². The van der Waals surface area contributed by atoms with Crippen LogP contribution >= 0.6 is 0 Å². The fourth-order valence-electron chi connectivity index (χ4n) is 2.79. The monoisotopic (exact) mass is 352 g/mol. The van der Waals surface area contributed by atoms with Crippen LogP contribution in [0.25, 0.3) is 0 Å². The second kappa shape index (κ2) is 7.42. The highest BCUT2D eigenvalue weighted by atomic mass is 32.2. The Bertz CT molecular complexity index is 731. The number of anilines is 1. The van der Waals surface area contributed by atoms with Crippen molar-refractivity contribution in [2.75, 3.05) is 44.2 Å². The normalized spacial score (nSPS) is 16.4. The maximum atomic E-state index is 12.6. The molecular weight excluding hydrogens is 328 g/mol. The predicted molar refractivity (Wildman–Crippen MR) is 91.8 cm³/mol. The van der Waals surface area contributed by atoms with Gasteiger partial charge in [-0.05, 0) is 19.4 Å². The van der Waals surface area contributed by atoms with Crippen molar-refractivity contribution in [1.82, 2.24) is 18.8 Å². The van der Waals surface area contributed by atoms with E-state index in [1.54, 1.807) is 0 Å². The van der Waals surface area contributed by atoms with Gasteiger partial charge in [0, 0.05) is 39.3 Å². The zero-order valence-corrected chi connectivity index (χ0v) is 15.5. The molecule has 0 spiro atoms. The lowest BCUT2D eigenvalue weighted by Crippen LogP contribution is -2.53. The van der Waals surface area contributed by atoms with Gasteiger partial charge in [0.2, 0.25) is 0 Å². The molecule has 1 saturated heterocycles. The number of hydrogen-bond acceptors (Lipinski definition) is 6. The molecule has 0 aliphatic carbocycles. The summed E-state index contributed by atoms with van der Waals surface area (Å²) < 4.78 is 28.1. The standard InChI is InChI=1S/C15H24N6O2S/c1-5-20(6-2)24(22,23)21-9-7-19(8-10-21)15-14(11-16)12(3)13(4)17-18-15/h5-10H2,1-4H3. The highest BCUT2D eigenvalue weighted by Crippen LogP contribution is 2.23. The molecular formula is C15H24N6O2S. The van der Waals surface area contributed by atoms with Gasteiger partial charge in [-0.3, -0.25) is 0 Å². The van der Waals surface area contributed by atoms with Gasteiger partial charge in [-0.1, -0.05) is 13.8 Å². The van der Waals surface area contributed by atoms with Gasteiger partial charge in [-0.15, -0.1) is 5.10 Å². The van der Waals surface area contributed by atoms with Gasteiger partial charge in [-0.2, -0.15) is 27.4 Å². The molecule has 2 rings (SSSR count). The number of rotatable bonds is 5. The lowest BCUT2D eigenvalue weighted by Gasteiger charge is -2.37. The summed E-state index contributed by atoms with van der Waals surface area (Å²) in [7, 11) is -3.42. The quantitative estimate of drug-likeness (QED) is 0.773. The molecule has 0 atom stereocenters. The summed E-state index contributed by atoms with van der Waals surface area (Å²) in [5.41, 5.74) is 2.07. The van der Waals surface area contributed by atoms with Crippen LogP contribution in [0.4, 0.5) is 5.82 Å². The predicted octanol–water partition coefficient (Wildman–Crippen LogP) is 0.674. The molecule has 0 N–H and O–H groups in total. The summed E-state index contributed by atoms with van der Waals surface area (Å²) in [6.07, 6.45) is 0. The SMILES string of the molecule is CCN(CC)S(=O)(=O)N1CCN(c2nnc(C)c(C)c2C#N)CC1. The minimum atomic E-state index is -3.42. The summed E-state index contributed by atoms with van der Waals surface area (Å²) in [5.74, 6) is 0.542. The number of hydrogen-bond donors (Lipinski definition) is 0. The van der Waals surface area contributed by atoms with Gasteiger partial charge in [0.1, 0.15) is 11.6 Å². The topological polar surface area (TPSA) is 93.4 Å². The van der Waals surface area contributed by atoms with Crippen LogP contribution in [0, 0.1) is 25.2 Å². The zero-order valence-electron chi connectivity index (χ0n) is 14.7. The molecule has 0 amide bonds. The molecule has 1 aliphatic heterocycles. The number of piperazine rings is 1. The van der Waals surface area contributed by atoms with Crippen LogP contribution in [0.1, 0.15) is 30.7 Å². The molecule has 24 heavy (non-hydrogen) atoms. The Labute approximate surface area is 143 Å². The zero-order chi connectivity index (χ0) is 17.9. The number of nitrogens with zero attached hydrogens (tertiary/aromatic N) is 6. The van der Waals surface area contributed by atoms with Crippen LogP contribution < -0.4 is 4.90 Å². The van der Waals surface area contributed by atoms with E-state index in [0.29, 0.717) is 50.6 Å². The average Bonchev–Trinajstić information content (AvgIpc) is 2.58. The Hall–Kier alpha value is -1.76. The molecule has 8 nitrogen and oxygen atoms in total. The molecule has 1 aromatic rings. The van der Waals surface area contributed by atoms with E-state index < -0.39 is 10.2 Å². The molecule has 1 aromatic heterocycles. The lowest BCUT2D eigenvalue weighted by molar-refractivity contribution is 0.333. The van der Waals surface area contributed by atoms with Crippen molar-refractivity contribution in [2.24, 2.45) is 0 Å². The van der Waals surface area contributed by atoms with Crippen LogP contribution in [-0.4, -0.2) is 66.5 Å². The van der Waals surface area contributed by atoms with E-state index >= 15 is 0 Å². The largest absolute Gasteiger partial charge is 0.351 e. The first-order valence-electron chi connectivity index (χ1n) is 8.10. The Balaban J connectivity index is 2.17. The summed E-state index contributed by atoms with van der Waals surface area (Å²) in [6, 6.07) is 2.20. The van der Waals surface area contributed by atoms with E-state index in [2.05, 4.69) is 16.3 Å². The third-order valence-electron chi connectivity index (χ3n) is 4.44. The maximum Gasteiger partial charge on any atom is 0.282 e. The van der Waals surface area contributed by atoms with Gasteiger partial charge >= 0.3 is 0 Å². The fraction of sp³-hybridized carbons (Fsp3) is 0.667. The second-order valence-corrected chi connectivity index (χ2v) is 7.63. The third kappa shape index (κ3) is 3.36. The summed E-state index contributed by atoms with van der Waals surface area (Å²) >= 11 is 0. The van der Waals surface area contributed by atoms with Gasteiger partial charge < -0.3 is 4.90 Å². The van der Waals surface area contributed by atoms with Crippen LogP contribution in [0.5, 0.6) is 0 Å². The summed E-state index contributed by atoms with van der Waals surface area (Å²) in [4.78, 5) is 1.94. The molecule has 0 aromatic carbocycles. The first-order valence-corrected chi connectivity index (χ1v) is 9.50. The van der Waals surface area contributed by atoms with Crippen LogP contribution in [0.2, 0.25) is 0 Å². The van der Waals surface area contributed by atoms with E-state index in [9.17, 15) is 13.7 Å². The van der Waals surface area contributed by atoms with Crippen molar-refractivity contribution >= 4 is 16.0 Å². The van der Waals surface area contributed by atoms with Gasteiger partial charge in [-0.25, -0.2) is 0 Å². The van der Waals surface area contributed by atoms with Crippen molar-refractivity contribution in [3.05, 3.63) is 16.8 Å². The Kier molecular flexibility index (Phi) is 5.74. The molecule has 1 fully saturated rings. The third-order valence-corrected chi connectivity index (χ3v) is 6.63. The first-order chi connectivity index (χ1) is 11.4. The Morgan fingerprint density at radius 1 is 1.12 bits per heavy atom. The Morgan fingerprint density at radius 2 is 1.71 bits per heavy atom. The van der Waals surface area contributed by atoms with Crippen LogP contribution in [-0.2, 0) is 10.2 Å². The molecule has 0 bridgehead atoms. The van der Waals surface area contributed by atoms with Gasteiger partial charge in [0.15, 0.2) is 5.82 Å². The molecule has 2 heterocycles. The number of aryl methyl sites for hydroxylation is 1. The lowest BCUT2D eigenvalue weighted by atomic mass is 10.1. The minimum Gasteiger partial charge on any atom is -0.351 e. The fourth-order valence-corrected chi connectivity index (χ4v) is 4.40. The smallest absolute Gasteiger partial charge is 0.282 e.